The number of carbonyl (C=O) groups is 1. The standard InChI is InChI=1S/C23H22INO4S/c1-27-19-12-13-21(28-2)17(14-19)15-25(23(26)16-30-24)20-10-6-7-11-22(20)29-18-8-4-3-5-9-18/h3-14H,15-16H2,1-2H3. The predicted molar refractivity (Wildman–Crippen MR) is 130 cm³/mol. The molecule has 0 aliphatic carbocycles. The molecule has 3 aromatic carbocycles. The Labute approximate surface area is 192 Å². The Kier molecular flexibility index (Phi) is 8.27. The molecule has 0 aromatic heterocycles. The molecule has 0 unspecified atom stereocenters. The number of hydrogen-bond donors (Lipinski definition) is 0. The lowest BCUT2D eigenvalue weighted by atomic mass is 10.1. The second-order valence-corrected chi connectivity index (χ2v) is 8.67. The number of nitrogens with zero attached hydrogens (tertiary/aromatic N) is 1. The van der Waals surface area contributed by atoms with Crippen molar-refractivity contribution in [3.8, 4) is 23.0 Å². The number of benzene rings is 3. The van der Waals surface area contributed by atoms with E-state index in [2.05, 4.69) is 21.2 Å². The molecule has 7 heteroatoms. The van der Waals surface area contributed by atoms with Crippen molar-refractivity contribution in [3.05, 3.63) is 78.4 Å². The van der Waals surface area contributed by atoms with E-state index in [1.807, 2.05) is 72.8 Å². The zero-order valence-corrected chi connectivity index (χ0v) is 19.7. The van der Waals surface area contributed by atoms with E-state index in [0.717, 1.165) is 5.56 Å². The highest BCUT2D eigenvalue weighted by molar-refractivity contribution is 14.2. The lowest BCUT2D eigenvalue weighted by molar-refractivity contribution is -0.116. The number of halogens is 1. The highest BCUT2D eigenvalue weighted by atomic mass is 127. The summed E-state index contributed by atoms with van der Waals surface area (Å²) < 4.78 is 17.0. The van der Waals surface area contributed by atoms with Crippen LogP contribution in [0.3, 0.4) is 0 Å². The summed E-state index contributed by atoms with van der Waals surface area (Å²) >= 11 is 2.13. The lowest BCUT2D eigenvalue weighted by Gasteiger charge is -2.26. The summed E-state index contributed by atoms with van der Waals surface area (Å²) in [6, 6.07) is 22.6. The van der Waals surface area contributed by atoms with Crippen LogP contribution in [0.25, 0.3) is 0 Å². The van der Waals surface area contributed by atoms with E-state index in [9.17, 15) is 4.79 Å². The number of hydrogen-bond acceptors (Lipinski definition) is 5. The van der Waals surface area contributed by atoms with Gasteiger partial charge in [0, 0.05) is 5.56 Å². The van der Waals surface area contributed by atoms with Crippen LogP contribution in [0.15, 0.2) is 72.8 Å². The minimum atomic E-state index is -0.0246. The Morgan fingerprint density at radius 1 is 0.900 bits per heavy atom. The second-order valence-electron chi connectivity index (χ2n) is 6.29. The number of ether oxygens (including phenoxy) is 3. The molecule has 30 heavy (non-hydrogen) atoms. The predicted octanol–water partition coefficient (Wildman–Crippen LogP) is 6.11. The van der Waals surface area contributed by atoms with Crippen molar-refractivity contribution in [1.29, 1.82) is 0 Å². The first kappa shape index (κ1) is 22.3. The molecule has 0 saturated carbocycles. The zero-order valence-electron chi connectivity index (χ0n) is 16.7. The van der Waals surface area contributed by atoms with Gasteiger partial charge in [-0.2, -0.15) is 0 Å². The summed E-state index contributed by atoms with van der Waals surface area (Å²) in [7, 11) is 4.68. The van der Waals surface area contributed by atoms with Gasteiger partial charge >= 0.3 is 0 Å². The van der Waals surface area contributed by atoms with Gasteiger partial charge in [-0.25, -0.2) is 0 Å². The maximum Gasteiger partial charge on any atom is 0.238 e. The number of para-hydroxylation sites is 3. The molecule has 0 fully saturated rings. The van der Waals surface area contributed by atoms with Crippen LogP contribution >= 0.6 is 30.1 Å². The number of rotatable bonds is 9. The third-order valence-electron chi connectivity index (χ3n) is 4.42. The number of methoxy groups -OCH3 is 2. The monoisotopic (exact) mass is 535 g/mol. The molecule has 156 valence electrons. The first-order chi connectivity index (χ1) is 14.7. The van der Waals surface area contributed by atoms with Crippen LogP contribution < -0.4 is 19.1 Å². The minimum absolute atomic E-state index is 0.0246. The van der Waals surface area contributed by atoms with E-state index in [-0.39, 0.29) is 5.91 Å². The number of carbonyl (C=O) groups excluding carboxylic acids is 1. The van der Waals surface area contributed by atoms with Crippen LogP contribution in [-0.4, -0.2) is 25.9 Å². The van der Waals surface area contributed by atoms with E-state index in [0.29, 0.717) is 41.0 Å². The summed E-state index contributed by atoms with van der Waals surface area (Å²) in [6.07, 6.45) is 0. The Bertz CT molecular complexity index is 984. The SMILES string of the molecule is COc1ccc(OC)c(CN(C(=O)CSI)c2ccccc2Oc2ccccc2)c1. The van der Waals surface area contributed by atoms with Gasteiger partial charge in [-0.15, -0.1) is 0 Å². The van der Waals surface area contributed by atoms with Gasteiger partial charge < -0.3 is 19.1 Å². The Morgan fingerprint density at radius 2 is 1.63 bits per heavy atom. The molecule has 0 atom stereocenters. The van der Waals surface area contributed by atoms with Gasteiger partial charge in [-0.3, -0.25) is 4.79 Å². The van der Waals surface area contributed by atoms with Gasteiger partial charge in [0.2, 0.25) is 5.91 Å². The molecular formula is C23H22INO4S. The summed E-state index contributed by atoms with van der Waals surface area (Å²) in [5.74, 6) is 3.03. The van der Waals surface area contributed by atoms with Gasteiger partial charge in [0.05, 0.1) is 32.2 Å². The largest absolute Gasteiger partial charge is 0.497 e. The Morgan fingerprint density at radius 3 is 2.33 bits per heavy atom. The van der Waals surface area contributed by atoms with Crippen LogP contribution in [-0.2, 0) is 11.3 Å². The van der Waals surface area contributed by atoms with Crippen LogP contribution in [0.4, 0.5) is 5.69 Å². The smallest absolute Gasteiger partial charge is 0.238 e. The van der Waals surface area contributed by atoms with Crippen molar-refractivity contribution < 1.29 is 19.0 Å². The molecule has 0 bridgehead atoms. The summed E-state index contributed by atoms with van der Waals surface area (Å²) in [6.45, 7) is 0.325. The Hall–Kier alpha value is -2.39. The topological polar surface area (TPSA) is 48.0 Å². The fraction of sp³-hybridized carbons (Fsp3) is 0.174. The molecule has 0 spiro atoms. The molecule has 0 saturated heterocycles. The summed E-state index contributed by atoms with van der Waals surface area (Å²) in [5.41, 5.74) is 1.54. The zero-order chi connectivity index (χ0) is 21.3. The quantitative estimate of drug-likeness (QED) is 0.310. The first-order valence-corrected chi connectivity index (χ1v) is 12.8. The average Bonchev–Trinajstić information content (AvgIpc) is 2.78. The van der Waals surface area contributed by atoms with Crippen LogP contribution in [0, 0.1) is 0 Å². The molecule has 3 aromatic rings. The minimum Gasteiger partial charge on any atom is -0.497 e. The van der Waals surface area contributed by atoms with E-state index in [4.69, 9.17) is 14.2 Å². The van der Waals surface area contributed by atoms with Crippen molar-refractivity contribution in [2.24, 2.45) is 0 Å². The van der Waals surface area contributed by atoms with Gasteiger partial charge in [-0.05, 0) is 63.7 Å². The second kappa shape index (κ2) is 11.1. The average molecular weight is 535 g/mol. The highest BCUT2D eigenvalue weighted by Gasteiger charge is 2.22. The van der Waals surface area contributed by atoms with Crippen LogP contribution in [0.1, 0.15) is 5.56 Å². The summed E-state index contributed by atoms with van der Waals surface area (Å²) in [4.78, 5) is 14.8. The fourth-order valence-corrected chi connectivity index (χ4v) is 4.04. The normalized spacial score (nSPS) is 10.4. The number of anilines is 1. The molecule has 0 heterocycles. The molecule has 0 radical (unpaired) electrons. The molecule has 0 N–H and O–H groups in total. The maximum absolute atomic E-state index is 13.1. The van der Waals surface area contributed by atoms with E-state index in [1.165, 1.54) is 8.93 Å². The van der Waals surface area contributed by atoms with Crippen molar-refractivity contribution in [2.45, 2.75) is 6.54 Å². The first-order valence-electron chi connectivity index (χ1n) is 9.23. The number of amides is 1. The third-order valence-corrected chi connectivity index (χ3v) is 5.71. The maximum atomic E-state index is 13.1. The third kappa shape index (κ3) is 5.60. The highest BCUT2D eigenvalue weighted by Crippen LogP contribution is 2.35. The fourth-order valence-electron chi connectivity index (χ4n) is 2.99. The van der Waals surface area contributed by atoms with E-state index in [1.54, 1.807) is 19.1 Å². The lowest BCUT2D eigenvalue weighted by Crippen LogP contribution is -2.32. The van der Waals surface area contributed by atoms with Gasteiger partial charge in [0.1, 0.15) is 17.2 Å². The van der Waals surface area contributed by atoms with E-state index >= 15 is 0 Å². The summed E-state index contributed by atoms with van der Waals surface area (Å²) in [5, 5.41) is 0. The van der Waals surface area contributed by atoms with Crippen molar-refractivity contribution in [2.75, 3.05) is 24.9 Å². The molecule has 0 aliphatic rings. The van der Waals surface area contributed by atoms with Gasteiger partial charge in [0.15, 0.2) is 5.75 Å². The van der Waals surface area contributed by atoms with E-state index < -0.39 is 0 Å². The molecular weight excluding hydrogens is 513 g/mol. The molecule has 0 aliphatic heterocycles. The van der Waals surface area contributed by atoms with Crippen molar-refractivity contribution in [1.82, 2.24) is 0 Å². The van der Waals surface area contributed by atoms with Gasteiger partial charge in [0.25, 0.3) is 0 Å². The van der Waals surface area contributed by atoms with Crippen molar-refractivity contribution >= 4 is 41.7 Å². The van der Waals surface area contributed by atoms with Gasteiger partial charge in [-0.1, -0.05) is 39.3 Å². The molecule has 1 amide bonds. The Balaban J connectivity index is 2.01. The van der Waals surface area contributed by atoms with Crippen molar-refractivity contribution in [3.63, 3.8) is 0 Å². The molecule has 3 rings (SSSR count). The molecule has 5 nitrogen and oxygen atoms in total. The van der Waals surface area contributed by atoms with Crippen LogP contribution in [0.2, 0.25) is 0 Å². The van der Waals surface area contributed by atoms with Crippen LogP contribution in [0.5, 0.6) is 23.0 Å².